The van der Waals surface area contributed by atoms with Crippen molar-refractivity contribution in [3.63, 3.8) is 0 Å². The summed E-state index contributed by atoms with van der Waals surface area (Å²) in [6.07, 6.45) is -3.32. The molecule has 2 atom stereocenters. The standard InChI is InChI=1S/C25H32F6N7O3.K/c1-14(2)38-18(7-10-33-38)22(39)35-20(16-5-8-24(27,28)9-6-16)23(40)34-17-11-37(36-21(17)26)19(12-41-4)15(3)32-13-25(29,30)31;/h3,7,10-11,14,16,19-20,32H,5-6,8-9,12-13H2,1-2,4H3,(H,34,40)(H,35,39);/q-1;+1. The number of ether oxygens (including phenoxy) is 1. The van der Waals surface area contributed by atoms with Crippen LogP contribution in [-0.2, 0) is 9.53 Å². The van der Waals surface area contributed by atoms with E-state index in [9.17, 15) is 35.9 Å². The van der Waals surface area contributed by atoms with Crippen LogP contribution in [0.5, 0.6) is 0 Å². The summed E-state index contributed by atoms with van der Waals surface area (Å²) in [7, 11) is 1.25. The van der Waals surface area contributed by atoms with E-state index in [1.807, 2.05) is 5.32 Å². The molecule has 42 heavy (non-hydrogen) atoms. The molecule has 0 aliphatic heterocycles. The second-order valence-electron chi connectivity index (χ2n) is 10.1. The minimum atomic E-state index is -4.58. The number of hydrogen-bond donors (Lipinski definition) is 3. The molecule has 0 saturated heterocycles. The zero-order valence-corrected chi connectivity index (χ0v) is 26.8. The van der Waals surface area contributed by atoms with Gasteiger partial charge in [0.1, 0.15) is 24.0 Å². The van der Waals surface area contributed by atoms with Crippen molar-refractivity contribution in [2.45, 2.75) is 69.8 Å². The molecule has 2 aromatic rings. The van der Waals surface area contributed by atoms with Gasteiger partial charge in [0.15, 0.2) is 0 Å². The number of carbonyl (C=O) groups is 2. The fourth-order valence-corrected chi connectivity index (χ4v) is 4.52. The molecule has 1 saturated carbocycles. The summed E-state index contributed by atoms with van der Waals surface area (Å²) in [5.74, 6) is -6.36. The first-order valence-corrected chi connectivity index (χ1v) is 12.8. The molecule has 2 amide bonds. The molecule has 1 aliphatic rings. The number of methoxy groups -OCH3 is 1. The van der Waals surface area contributed by atoms with E-state index in [-0.39, 0.29) is 82.6 Å². The van der Waals surface area contributed by atoms with E-state index >= 15 is 0 Å². The Bertz CT molecular complexity index is 1220. The normalized spacial score (nSPS) is 16.8. The summed E-state index contributed by atoms with van der Waals surface area (Å²) in [4.78, 5) is 26.5. The average molecular weight is 632 g/mol. The first-order chi connectivity index (χ1) is 19.1. The Morgan fingerprint density at radius 2 is 1.88 bits per heavy atom. The van der Waals surface area contributed by atoms with Gasteiger partial charge in [0.25, 0.3) is 11.9 Å². The van der Waals surface area contributed by atoms with Crippen molar-refractivity contribution in [2.24, 2.45) is 5.92 Å². The van der Waals surface area contributed by atoms with Gasteiger partial charge in [0.05, 0.1) is 18.8 Å². The third-order valence-electron chi connectivity index (χ3n) is 6.63. The van der Waals surface area contributed by atoms with E-state index in [1.54, 1.807) is 13.8 Å². The Morgan fingerprint density at radius 1 is 1.24 bits per heavy atom. The molecular formula is C25H32F6KN7O3. The van der Waals surface area contributed by atoms with E-state index < -0.39 is 78.6 Å². The third kappa shape index (κ3) is 9.80. The van der Waals surface area contributed by atoms with E-state index in [4.69, 9.17) is 11.3 Å². The van der Waals surface area contributed by atoms with Gasteiger partial charge in [-0.2, -0.15) is 22.7 Å². The maximum absolute atomic E-state index is 14.8. The second-order valence-corrected chi connectivity index (χ2v) is 10.1. The van der Waals surface area contributed by atoms with Gasteiger partial charge in [-0.1, -0.05) is 0 Å². The van der Waals surface area contributed by atoms with Crippen LogP contribution in [0.15, 0.2) is 24.2 Å². The Morgan fingerprint density at radius 3 is 2.45 bits per heavy atom. The third-order valence-corrected chi connectivity index (χ3v) is 6.63. The summed E-state index contributed by atoms with van der Waals surface area (Å²) in [6.45, 7) is 7.58. The molecule has 0 aromatic carbocycles. The molecular weight excluding hydrogens is 599 g/mol. The van der Waals surface area contributed by atoms with E-state index in [0.717, 1.165) is 10.9 Å². The van der Waals surface area contributed by atoms with Crippen molar-refractivity contribution < 1.29 is 92.1 Å². The Kier molecular flexibility index (Phi) is 13.1. The van der Waals surface area contributed by atoms with Gasteiger partial charge in [-0.15, -0.1) is 10.8 Å². The molecule has 0 radical (unpaired) electrons. The second kappa shape index (κ2) is 15.2. The maximum Gasteiger partial charge on any atom is 1.00 e. The van der Waals surface area contributed by atoms with Crippen molar-refractivity contribution in [2.75, 3.05) is 25.6 Å². The number of hydrogen-bond acceptors (Lipinski definition) is 6. The number of alkyl halides is 5. The smallest absolute Gasteiger partial charge is 0.491 e. The Hall–Kier alpha value is -1.92. The van der Waals surface area contributed by atoms with Gasteiger partial charge in [-0.05, 0) is 38.7 Å². The van der Waals surface area contributed by atoms with Gasteiger partial charge in [0.2, 0.25) is 11.8 Å². The maximum atomic E-state index is 14.8. The number of nitrogens with zero attached hydrogens (tertiary/aromatic N) is 4. The fraction of sp³-hybridized carbons (Fsp3) is 0.600. The molecule has 3 rings (SSSR count). The predicted octanol–water partition coefficient (Wildman–Crippen LogP) is 1.02. The number of aromatic nitrogens is 4. The number of rotatable bonds is 12. The van der Waals surface area contributed by atoms with E-state index in [1.165, 1.54) is 24.1 Å². The predicted molar refractivity (Wildman–Crippen MR) is 134 cm³/mol. The number of anilines is 1. The Labute approximate surface area is 281 Å². The molecule has 10 nitrogen and oxygen atoms in total. The van der Waals surface area contributed by atoms with Crippen molar-refractivity contribution in [1.29, 1.82) is 0 Å². The van der Waals surface area contributed by atoms with Gasteiger partial charge in [0, 0.05) is 32.2 Å². The summed E-state index contributed by atoms with van der Waals surface area (Å²) < 4.78 is 87.6. The van der Waals surface area contributed by atoms with Crippen LogP contribution in [0, 0.1) is 18.4 Å². The molecule has 17 heteroatoms. The fourth-order valence-electron chi connectivity index (χ4n) is 4.52. The molecule has 2 unspecified atom stereocenters. The van der Waals surface area contributed by atoms with Crippen LogP contribution in [-0.4, -0.2) is 69.8 Å². The van der Waals surface area contributed by atoms with Crippen molar-refractivity contribution in [1.82, 2.24) is 30.2 Å². The Balaban J connectivity index is 0.00000616. The molecule has 228 valence electrons. The summed E-state index contributed by atoms with van der Waals surface area (Å²) in [5, 5.41) is 14.6. The molecule has 1 fully saturated rings. The van der Waals surface area contributed by atoms with Crippen molar-refractivity contribution in [3.05, 3.63) is 42.4 Å². The van der Waals surface area contributed by atoms with Crippen molar-refractivity contribution >= 4 is 17.5 Å². The first kappa shape index (κ1) is 36.3. The van der Waals surface area contributed by atoms with Crippen LogP contribution in [0.2, 0.25) is 0 Å². The number of nitrogens with one attached hydrogen (secondary N) is 3. The monoisotopic (exact) mass is 631 g/mol. The SMILES string of the molecule is [CH-]=C(NCC(F)(F)F)C(COC)n1cc(NC(=O)C(NC(=O)c2ccnn2C(C)C)C2CCC(F)(F)CC2)c(F)n1.[K+]. The average Bonchev–Trinajstić information content (AvgIpc) is 3.51. The number of amides is 2. The summed E-state index contributed by atoms with van der Waals surface area (Å²) in [6, 6.07) is -1.26. The molecule has 0 bridgehead atoms. The van der Waals surface area contributed by atoms with Gasteiger partial charge < -0.3 is 27.3 Å². The first-order valence-electron chi connectivity index (χ1n) is 12.8. The van der Waals surface area contributed by atoms with Crippen molar-refractivity contribution in [3.8, 4) is 0 Å². The van der Waals surface area contributed by atoms with Gasteiger partial charge in [-0.3, -0.25) is 19.0 Å². The molecule has 1 aliphatic carbocycles. The van der Waals surface area contributed by atoms with E-state index in [2.05, 4.69) is 20.8 Å². The molecule has 3 N–H and O–H groups in total. The number of halogens is 6. The molecule has 2 aromatic heterocycles. The van der Waals surface area contributed by atoms with E-state index in [0.29, 0.717) is 0 Å². The van der Waals surface area contributed by atoms with Crippen LogP contribution < -0.4 is 67.3 Å². The van der Waals surface area contributed by atoms with Gasteiger partial charge in [-0.25, -0.2) is 8.78 Å². The molecule has 2 heterocycles. The van der Waals surface area contributed by atoms with Gasteiger partial charge >= 0.3 is 57.6 Å². The summed E-state index contributed by atoms with van der Waals surface area (Å²) in [5.41, 5.74) is -0.746. The minimum absolute atomic E-state index is 0. The minimum Gasteiger partial charge on any atom is -0.491 e. The largest absolute Gasteiger partial charge is 1.00 e. The molecule has 0 spiro atoms. The topological polar surface area (TPSA) is 115 Å². The number of carbonyl (C=O) groups excluding carboxylic acids is 2. The summed E-state index contributed by atoms with van der Waals surface area (Å²) >= 11 is 0. The zero-order chi connectivity index (χ0) is 30.5. The van der Waals surface area contributed by atoms with Crippen LogP contribution in [0.3, 0.4) is 0 Å². The van der Waals surface area contributed by atoms with Crippen LogP contribution in [0.4, 0.5) is 32.0 Å². The van der Waals surface area contributed by atoms with Crippen LogP contribution in [0.1, 0.15) is 62.1 Å². The zero-order valence-electron chi connectivity index (χ0n) is 23.6. The van der Waals surface area contributed by atoms with Crippen LogP contribution >= 0.6 is 0 Å². The van der Waals surface area contributed by atoms with Crippen LogP contribution in [0.25, 0.3) is 0 Å². The quantitative estimate of drug-likeness (QED) is 0.183.